The largest absolute Gasteiger partial charge is 0.504 e. The van der Waals surface area contributed by atoms with E-state index in [-0.39, 0.29) is 36.5 Å². The number of nitrogens with one attached hydrogen (secondary N) is 1. The molecule has 3 aromatic rings. The third kappa shape index (κ3) is 5.34. The van der Waals surface area contributed by atoms with E-state index in [1.54, 1.807) is 6.07 Å². The maximum atomic E-state index is 13.3. The van der Waals surface area contributed by atoms with Crippen LogP contribution < -0.4 is 19.5 Å². The molecule has 7 heteroatoms. The van der Waals surface area contributed by atoms with Gasteiger partial charge < -0.3 is 24.6 Å². The number of halogens is 1. The van der Waals surface area contributed by atoms with Gasteiger partial charge in [0.05, 0.1) is 7.11 Å². The Balaban J connectivity index is 0.00000306. The van der Waals surface area contributed by atoms with Crippen LogP contribution in [0.1, 0.15) is 46.8 Å². The number of hydrogen-bond acceptors (Lipinski definition) is 6. The molecule has 2 N–H and O–H groups in total. The van der Waals surface area contributed by atoms with Gasteiger partial charge in [-0.15, -0.1) is 12.4 Å². The first kappa shape index (κ1) is 24.3. The standard InChI is InChI=1S/C26H27NO5.ClH/c1-16(2)18-5-7-19(8-6-18)26(29)20-13-24(30-3)22(28)14-21(20)27-11-10-17-4-9-23-25(12-17)32-15-31-23;/h4-9,12-14,16,27-28H,10-11,15H2,1-3H3;1H. The molecule has 4 rings (SSSR count). The summed E-state index contributed by atoms with van der Waals surface area (Å²) in [5.74, 6) is 1.98. The quantitative estimate of drug-likeness (QED) is 0.420. The fraction of sp³-hybridized carbons (Fsp3) is 0.269. The number of ketones is 1. The van der Waals surface area contributed by atoms with Gasteiger partial charge in [-0.2, -0.15) is 0 Å². The van der Waals surface area contributed by atoms with Gasteiger partial charge >= 0.3 is 0 Å². The van der Waals surface area contributed by atoms with Gasteiger partial charge in [0.2, 0.25) is 6.79 Å². The lowest BCUT2D eigenvalue weighted by atomic mass is 9.97. The summed E-state index contributed by atoms with van der Waals surface area (Å²) in [6.07, 6.45) is 0.708. The van der Waals surface area contributed by atoms with Crippen LogP contribution in [-0.2, 0) is 6.42 Å². The van der Waals surface area contributed by atoms with E-state index in [1.165, 1.54) is 18.7 Å². The lowest BCUT2D eigenvalue weighted by Crippen LogP contribution is -2.11. The molecular weight excluding hydrogens is 442 g/mol. The molecule has 3 aromatic carbocycles. The highest BCUT2D eigenvalue weighted by atomic mass is 35.5. The highest BCUT2D eigenvalue weighted by Crippen LogP contribution is 2.35. The molecule has 0 saturated heterocycles. The van der Waals surface area contributed by atoms with Crippen molar-refractivity contribution >= 4 is 23.9 Å². The first-order chi connectivity index (χ1) is 15.5. The molecule has 1 heterocycles. The molecule has 6 nitrogen and oxygen atoms in total. The SMILES string of the molecule is COc1cc(C(=O)c2ccc(C(C)C)cc2)c(NCCc2ccc3c(c2)OCO3)cc1O.Cl. The van der Waals surface area contributed by atoms with Crippen LogP contribution in [0.25, 0.3) is 0 Å². The van der Waals surface area contributed by atoms with Gasteiger partial charge in [-0.05, 0) is 41.7 Å². The van der Waals surface area contributed by atoms with E-state index in [0.717, 1.165) is 17.1 Å². The molecule has 1 aliphatic heterocycles. The van der Waals surface area contributed by atoms with E-state index in [0.29, 0.717) is 35.7 Å². The van der Waals surface area contributed by atoms with Crippen LogP contribution in [0, 0.1) is 0 Å². The summed E-state index contributed by atoms with van der Waals surface area (Å²) in [7, 11) is 1.47. The second-order valence-corrected chi connectivity index (χ2v) is 8.04. The van der Waals surface area contributed by atoms with Gasteiger partial charge in [-0.1, -0.05) is 44.2 Å². The first-order valence-electron chi connectivity index (χ1n) is 10.6. The second-order valence-electron chi connectivity index (χ2n) is 8.04. The predicted octanol–water partition coefficient (Wildman–Crippen LogP) is 5.56. The van der Waals surface area contributed by atoms with E-state index >= 15 is 0 Å². The summed E-state index contributed by atoms with van der Waals surface area (Å²) in [5, 5.41) is 13.6. The van der Waals surface area contributed by atoms with E-state index < -0.39 is 0 Å². The molecule has 1 aliphatic rings. The van der Waals surface area contributed by atoms with Crippen LogP contribution in [0.4, 0.5) is 5.69 Å². The van der Waals surface area contributed by atoms with Gasteiger partial charge in [0, 0.05) is 29.4 Å². The molecule has 33 heavy (non-hydrogen) atoms. The summed E-state index contributed by atoms with van der Waals surface area (Å²) < 4.78 is 16.0. The van der Waals surface area contributed by atoms with Crippen LogP contribution in [0.15, 0.2) is 54.6 Å². The van der Waals surface area contributed by atoms with Crippen molar-refractivity contribution in [3.05, 3.63) is 76.9 Å². The number of anilines is 1. The number of fused-ring (bicyclic) bond motifs is 1. The Bertz CT molecular complexity index is 1130. The van der Waals surface area contributed by atoms with Gasteiger partial charge in [0.1, 0.15) is 0 Å². The van der Waals surface area contributed by atoms with Crippen molar-refractivity contribution in [3.63, 3.8) is 0 Å². The summed E-state index contributed by atoms with van der Waals surface area (Å²) in [4.78, 5) is 13.3. The Morgan fingerprint density at radius 2 is 1.79 bits per heavy atom. The summed E-state index contributed by atoms with van der Waals surface area (Å²) in [6.45, 7) is 5.04. The van der Waals surface area contributed by atoms with Crippen molar-refractivity contribution in [2.45, 2.75) is 26.2 Å². The van der Waals surface area contributed by atoms with Crippen molar-refractivity contribution in [1.82, 2.24) is 0 Å². The molecule has 0 saturated carbocycles. The van der Waals surface area contributed by atoms with Gasteiger partial charge in [0.25, 0.3) is 0 Å². The number of benzene rings is 3. The Morgan fingerprint density at radius 1 is 1.06 bits per heavy atom. The van der Waals surface area contributed by atoms with Crippen LogP contribution in [-0.4, -0.2) is 31.3 Å². The predicted molar refractivity (Wildman–Crippen MR) is 131 cm³/mol. The summed E-state index contributed by atoms with van der Waals surface area (Å²) >= 11 is 0. The number of methoxy groups -OCH3 is 1. The van der Waals surface area contributed by atoms with Gasteiger partial charge in [-0.25, -0.2) is 0 Å². The number of hydrogen-bond donors (Lipinski definition) is 2. The first-order valence-corrected chi connectivity index (χ1v) is 10.6. The molecular formula is C26H28ClNO5. The zero-order valence-electron chi connectivity index (χ0n) is 18.9. The molecule has 0 radical (unpaired) electrons. The van der Waals surface area contributed by atoms with Crippen molar-refractivity contribution in [3.8, 4) is 23.0 Å². The molecule has 0 atom stereocenters. The Morgan fingerprint density at radius 3 is 2.48 bits per heavy atom. The van der Waals surface area contributed by atoms with Crippen LogP contribution in [0.2, 0.25) is 0 Å². The Labute approximate surface area is 199 Å². The molecule has 0 spiro atoms. The maximum Gasteiger partial charge on any atom is 0.231 e. The third-order valence-electron chi connectivity index (χ3n) is 5.57. The topological polar surface area (TPSA) is 77.0 Å². The summed E-state index contributed by atoms with van der Waals surface area (Å²) in [5.41, 5.74) is 3.84. The van der Waals surface area contributed by atoms with Crippen LogP contribution in [0.3, 0.4) is 0 Å². The number of phenols is 1. The fourth-order valence-corrected chi connectivity index (χ4v) is 3.68. The molecule has 0 unspecified atom stereocenters. The van der Waals surface area contributed by atoms with E-state index in [2.05, 4.69) is 19.2 Å². The highest BCUT2D eigenvalue weighted by molar-refractivity contribution is 6.12. The van der Waals surface area contributed by atoms with E-state index in [1.807, 2.05) is 42.5 Å². The minimum Gasteiger partial charge on any atom is -0.504 e. The number of rotatable bonds is 8. The zero-order chi connectivity index (χ0) is 22.7. The zero-order valence-corrected chi connectivity index (χ0v) is 19.7. The molecule has 0 fully saturated rings. The number of aromatic hydroxyl groups is 1. The normalized spacial score (nSPS) is 11.8. The van der Waals surface area contributed by atoms with Crippen molar-refractivity contribution < 1.29 is 24.1 Å². The highest BCUT2D eigenvalue weighted by Gasteiger charge is 2.18. The van der Waals surface area contributed by atoms with E-state index in [4.69, 9.17) is 14.2 Å². The molecule has 0 bridgehead atoms. The van der Waals surface area contributed by atoms with Crippen LogP contribution in [0.5, 0.6) is 23.0 Å². The number of phenolic OH excluding ortho intramolecular Hbond substituents is 1. The maximum absolute atomic E-state index is 13.3. The minimum absolute atomic E-state index is 0. The molecule has 0 amide bonds. The lowest BCUT2D eigenvalue weighted by Gasteiger charge is -2.15. The van der Waals surface area contributed by atoms with Gasteiger partial charge in [0.15, 0.2) is 28.8 Å². The van der Waals surface area contributed by atoms with Crippen LogP contribution >= 0.6 is 12.4 Å². The lowest BCUT2D eigenvalue weighted by molar-refractivity contribution is 0.103. The van der Waals surface area contributed by atoms with E-state index in [9.17, 15) is 9.90 Å². The average Bonchev–Trinajstić information content (AvgIpc) is 3.27. The van der Waals surface area contributed by atoms with Crippen molar-refractivity contribution in [1.29, 1.82) is 0 Å². The van der Waals surface area contributed by atoms with Crippen molar-refractivity contribution in [2.75, 3.05) is 25.8 Å². The number of carbonyl (C=O) groups excluding carboxylic acids is 1. The smallest absolute Gasteiger partial charge is 0.231 e. The molecule has 0 aliphatic carbocycles. The molecule has 174 valence electrons. The monoisotopic (exact) mass is 469 g/mol. The third-order valence-corrected chi connectivity index (χ3v) is 5.57. The Kier molecular flexibility index (Phi) is 7.71. The Hall–Kier alpha value is -3.38. The summed E-state index contributed by atoms with van der Waals surface area (Å²) in [6, 6.07) is 16.6. The number of carbonyl (C=O) groups is 1. The average molecular weight is 470 g/mol. The minimum atomic E-state index is -0.135. The van der Waals surface area contributed by atoms with Crippen molar-refractivity contribution in [2.24, 2.45) is 0 Å². The molecule has 0 aromatic heterocycles. The van der Waals surface area contributed by atoms with Gasteiger partial charge in [-0.3, -0.25) is 4.79 Å². The number of ether oxygens (including phenoxy) is 3. The fourth-order valence-electron chi connectivity index (χ4n) is 3.68. The second kappa shape index (κ2) is 10.5.